The Morgan fingerprint density at radius 3 is 2.72 bits per heavy atom. The van der Waals surface area contributed by atoms with Crippen LogP contribution in [0.4, 0.5) is 0 Å². The second kappa shape index (κ2) is 6.52. The van der Waals surface area contributed by atoms with E-state index in [9.17, 15) is 8.42 Å². The molecule has 1 unspecified atom stereocenters. The fourth-order valence-corrected chi connectivity index (χ4v) is 3.41. The molecule has 1 fully saturated rings. The molecule has 0 amide bonds. The normalized spacial score (nSPS) is 19.5. The highest BCUT2D eigenvalue weighted by molar-refractivity contribution is 7.89. The van der Waals surface area contributed by atoms with Crippen LogP contribution in [0.3, 0.4) is 0 Å². The van der Waals surface area contributed by atoms with Gasteiger partial charge in [-0.25, -0.2) is 13.1 Å². The first-order valence-electron chi connectivity index (χ1n) is 5.85. The maximum Gasteiger partial charge on any atom is 0.240 e. The topological polar surface area (TPSA) is 58.2 Å². The molecule has 1 heterocycles. The van der Waals surface area contributed by atoms with Crippen molar-refractivity contribution in [2.75, 3.05) is 19.6 Å². The van der Waals surface area contributed by atoms with E-state index in [1.807, 2.05) is 19.1 Å². The molecule has 18 heavy (non-hydrogen) atoms. The van der Waals surface area contributed by atoms with Crippen molar-refractivity contribution >= 4 is 22.4 Å². The molecule has 0 bridgehead atoms. The zero-order valence-electron chi connectivity index (χ0n) is 10.3. The number of halogens is 1. The fraction of sp³-hybridized carbons (Fsp3) is 0.500. The van der Waals surface area contributed by atoms with Crippen LogP contribution in [0, 0.1) is 12.8 Å². The van der Waals surface area contributed by atoms with Gasteiger partial charge in [0, 0.05) is 6.54 Å². The Balaban J connectivity index is 0.00000162. The predicted molar refractivity (Wildman–Crippen MR) is 74.6 cm³/mol. The fourth-order valence-electron chi connectivity index (χ4n) is 2.05. The molecule has 1 aromatic carbocycles. The molecule has 2 N–H and O–H groups in total. The number of hydrogen-bond donors (Lipinski definition) is 2. The van der Waals surface area contributed by atoms with Gasteiger partial charge in [0.25, 0.3) is 0 Å². The molecule has 1 aromatic rings. The van der Waals surface area contributed by atoms with E-state index in [4.69, 9.17) is 0 Å². The van der Waals surface area contributed by atoms with Crippen LogP contribution >= 0.6 is 12.4 Å². The lowest BCUT2D eigenvalue weighted by Gasteiger charge is -2.12. The van der Waals surface area contributed by atoms with Crippen LogP contribution in [0.1, 0.15) is 12.0 Å². The number of hydrogen-bond acceptors (Lipinski definition) is 3. The van der Waals surface area contributed by atoms with Crippen LogP contribution in [0.2, 0.25) is 0 Å². The Morgan fingerprint density at radius 1 is 1.39 bits per heavy atom. The van der Waals surface area contributed by atoms with E-state index in [-0.39, 0.29) is 12.4 Å². The van der Waals surface area contributed by atoms with Crippen LogP contribution < -0.4 is 10.0 Å². The second-order valence-electron chi connectivity index (χ2n) is 4.48. The number of benzene rings is 1. The third kappa shape index (κ3) is 3.68. The molecule has 1 atom stereocenters. The van der Waals surface area contributed by atoms with E-state index < -0.39 is 10.0 Å². The molecule has 6 heteroatoms. The number of sulfonamides is 1. The van der Waals surface area contributed by atoms with Crippen LogP contribution in [0.25, 0.3) is 0 Å². The van der Waals surface area contributed by atoms with E-state index >= 15 is 0 Å². The molecule has 1 aliphatic rings. The van der Waals surface area contributed by atoms with Gasteiger partial charge in [-0.2, -0.15) is 0 Å². The molecule has 4 nitrogen and oxygen atoms in total. The van der Waals surface area contributed by atoms with Crippen molar-refractivity contribution in [3.8, 4) is 0 Å². The summed E-state index contributed by atoms with van der Waals surface area (Å²) in [5, 5.41) is 3.22. The van der Waals surface area contributed by atoms with Gasteiger partial charge >= 0.3 is 0 Å². The highest BCUT2D eigenvalue weighted by Crippen LogP contribution is 2.14. The quantitative estimate of drug-likeness (QED) is 0.879. The first-order chi connectivity index (χ1) is 8.09. The predicted octanol–water partition coefficient (Wildman–Crippen LogP) is 1.30. The van der Waals surface area contributed by atoms with Crippen molar-refractivity contribution in [1.82, 2.24) is 10.0 Å². The molecule has 1 saturated heterocycles. The first-order valence-corrected chi connectivity index (χ1v) is 7.34. The smallest absolute Gasteiger partial charge is 0.240 e. The Morgan fingerprint density at radius 2 is 2.11 bits per heavy atom. The molecule has 0 saturated carbocycles. The molecule has 2 rings (SSSR count). The van der Waals surface area contributed by atoms with Gasteiger partial charge < -0.3 is 5.32 Å². The molecule has 102 valence electrons. The number of aryl methyl sites for hydroxylation is 1. The minimum atomic E-state index is -3.36. The molecular weight excluding hydrogens is 272 g/mol. The van der Waals surface area contributed by atoms with Crippen molar-refractivity contribution in [2.24, 2.45) is 5.92 Å². The van der Waals surface area contributed by atoms with Crippen LogP contribution in [0.15, 0.2) is 29.2 Å². The average molecular weight is 291 g/mol. The SMILES string of the molecule is Cc1ccccc1S(=O)(=O)NCC1CCNC1.Cl. The Labute approximate surface area is 115 Å². The van der Waals surface area contributed by atoms with Crippen molar-refractivity contribution in [3.63, 3.8) is 0 Å². The van der Waals surface area contributed by atoms with Gasteiger partial charge in [0.2, 0.25) is 10.0 Å². The largest absolute Gasteiger partial charge is 0.316 e. The number of rotatable bonds is 4. The van der Waals surface area contributed by atoms with E-state index in [1.54, 1.807) is 12.1 Å². The zero-order valence-corrected chi connectivity index (χ0v) is 12.0. The third-order valence-electron chi connectivity index (χ3n) is 3.11. The molecule has 0 aliphatic carbocycles. The van der Waals surface area contributed by atoms with E-state index in [1.165, 1.54) is 0 Å². The summed E-state index contributed by atoms with van der Waals surface area (Å²) in [6, 6.07) is 7.05. The highest BCUT2D eigenvalue weighted by atomic mass is 35.5. The molecule has 0 radical (unpaired) electrons. The summed E-state index contributed by atoms with van der Waals surface area (Å²) in [4.78, 5) is 0.381. The van der Waals surface area contributed by atoms with Gasteiger partial charge in [0.05, 0.1) is 4.90 Å². The lowest BCUT2D eigenvalue weighted by Crippen LogP contribution is -2.30. The third-order valence-corrected chi connectivity index (χ3v) is 4.69. The van der Waals surface area contributed by atoms with Crippen LogP contribution in [0.5, 0.6) is 0 Å². The van der Waals surface area contributed by atoms with E-state index in [0.717, 1.165) is 25.1 Å². The summed E-state index contributed by atoms with van der Waals surface area (Å²) >= 11 is 0. The minimum absolute atomic E-state index is 0. The second-order valence-corrected chi connectivity index (χ2v) is 6.21. The standard InChI is InChI=1S/C12H18N2O2S.ClH/c1-10-4-2-3-5-12(10)17(15,16)14-9-11-6-7-13-8-11;/h2-5,11,13-14H,6-9H2,1H3;1H. The Hall–Kier alpha value is -0.620. The molecule has 0 spiro atoms. The summed E-state index contributed by atoms with van der Waals surface area (Å²) in [5.41, 5.74) is 0.782. The molecule has 1 aliphatic heterocycles. The summed E-state index contributed by atoms with van der Waals surface area (Å²) in [7, 11) is -3.36. The summed E-state index contributed by atoms with van der Waals surface area (Å²) in [6.07, 6.45) is 1.04. The summed E-state index contributed by atoms with van der Waals surface area (Å²) in [6.45, 7) is 4.21. The van der Waals surface area contributed by atoms with Gasteiger partial charge in [0.15, 0.2) is 0 Å². The van der Waals surface area contributed by atoms with Crippen molar-refractivity contribution in [2.45, 2.75) is 18.2 Å². The van der Waals surface area contributed by atoms with E-state index in [0.29, 0.717) is 17.4 Å². The molecule has 0 aromatic heterocycles. The van der Waals surface area contributed by atoms with Gasteiger partial charge in [0.1, 0.15) is 0 Å². The average Bonchev–Trinajstić information content (AvgIpc) is 2.80. The van der Waals surface area contributed by atoms with Gasteiger partial charge in [-0.05, 0) is 44.0 Å². The van der Waals surface area contributed by atoms with Gasteiger partial charge in [-0.3, -0.25) is 0 Å². The van der Waals surface area contributed by atoms with Crippen molar-refractivity contribution in [1.29, 1.82) is 0 Å². The van der Waals surface area contributed by atoms with E-state index in [2.05, 4.69) is 10.0 Å². The maximum atomic E-state index is 12.1. The van der Waals surface area contributed by atoms with Crippen LogP contribution in [-0.4, -0.2) is 28.1 Å². The minimum Gasteiger partial charge on any atom is -0.316 e. The highest BCUT2D eigenvalue weighted by Gasteiger charge is 2.20. The Bertz CT molecular complexity index is 485. The van der Waals surface area contributed by atoms with Gasteiger partial charge in [-0.1, -0.05) is 18.2 Å². The summed E-state index contributed by atoms with van der Waals surface area (Å²) < 4.78 is 26.8. The first kappa shape index (κ1) is 15.4. The zero-order chi connectivity index (χ0) is 12.3. The van der Waals surface area contributed by atoms with Gasteiger partial charge in [-0.15, -0.1) is 12.4 Å². The molecular formula is C12H19ClN2O2S. The lowest BCUT2D eigenvalue weighted by molar-refractivity contribution is 0.538. The maximum absolute atomic E-state index is 12.1. The number of nitrogens with one attached hydrogen (secondary N) is 2. The van der Waals surface area contributed by atoms with Crippen LogP contribution in [-0.2, 0) is 10.0 Å². The van der Waals surface area contributed by atoms with Crippen molar-refractivity contribution < 1.29 is 8.42 Å². The Kier molecular flexibility index (Phi) is 5.59. The lowest BCUT2D eigenvalue weighted by atomic mass is 10.1. The van der Waals surface area contributed by atoms with Crippen molar-refractivity contribution in [3.05, 3.63) is 29.8 Å². The summed E-state index contributed by atoms with van der Waals surface area (Å²) in [5.74, 6) is 0.411. The monoisotopic (exact) mass is 290 g/mol.